The molecule has 2 N–H and O–H groups in total. The van der Waals surface area contributed by atoms with Gasteiger partial charge in [0.05, 0.1) is 15.9 Å². The summed E-state index contributed by atoms with van der Waals surface area (Å²) in [6.45, 7) is 1.84. The third-order valence-corrected chi connectivity index (χ3v) is 3.94. The predicted molar refractivity (Wildman–Crippen MR) is 80.2 cm³/mol. The van der Waals surface area contributed by atoms with Crippen LogP contribution in [0.3, 0.4) is 0 Å². The first-order chi connectivity index (χ1) is 9.85. The SMILES string of the molecule is CNC(=O)c1nn(C)cc1NC(=O)c1nn(C)c(C)c1Br. The molecule has 2 heterocycles. The Morgan fingerprint density at radius 2 is 1.86 bits per heavy atom. The number of nitrogens with zero attached hydrogens (tertiary/aromatic N) is 4. The van der Waals surface area contributed by atoms with Gasteiger partial charge < -0.3 is 10.6 Å². The predicted octanol–water partition coefficient (Wildman–Crippen LogP) is 0.836. The maximum absolute atomic E-state index is 12.3. The number of carbonyl (C=O) groups is 2. The molecule has 0 unspecified atom stereocenters. The van der Waals surface area contributed by atoms with Gasteiger partial charge in [-0.3, -0.25) is 19.0 Å². The quantitative estimate of drug-likeness (QED) is 0.853. The molecule has 2 aromatic heterocycles. The fourth-order valence-corrected chi connectivity index (χ4v) is 2.29. The zero-order chi connectivity index (χ0) is 15.7. The number of hydrogen-bond donors (Lipinski definition) is 2. The van der Waals surface area contributed by atoms with Crippen molar-refractivity contribution in [1.82, 2.24) is 24.9 Å². The highest BCUT2D eigenvalue weighted by Gasteiger charge is 2.21. The highest BCUT2D eigenvalue weighted by Crippen LogP contribution is 2.22. The second-order valence-electron chi connectivity index (χ2n) is 4.47. The van der Waals surface area contributed by atoms with Crippen molar-refractivity contribution in [2.45, 2.75) is 6.92 Å². The van der Waals surface area contributed by atoms with Gasteiger partial charge in [-0.1, -0.05) is 0 Å². The van der Waals surface area contributed by atoms with E-state index in [1.807, 2.05) is 6.92 Å². The molecule has 0 bridgehead atoms. The molecule has 0 spiro atoms. The summed E-state index contributed by atoms with van der Waals surface area (Å²) in [7, 11) is 4.92. The molecule has 2 aromatic rings. The molecule has 0 radical (unpaired) electrons. The molecule has 0 aliphatic heterocycles. The van der Waals surface area contributed by atoms with Gasteiger partial charge >= 0.3 is 0 Å². The number of nitrogens with one attached hydrogen (secondary N) is 2. The second kappa shape index (κ2) is 5.68. The lowest BCUT2D eigenvalue weighted by Crippen LogP contribution is -2.21. The Morgan fingerprint density at radius 3 is 2.38 bits per heavy atom. The number of halogens is 1. The number of carbonyl (C=O) groups excluding carboxylic acids is 2. The minimum Gasteiger partial charge on any atom is -0.354 e. The van der Waals surface area contributed by atoms with Crippen LogP contribution in [-0.4, -0.2) is 38.4 Å². The first-order valence-electron chi connectivity index (χ1n) is 6.11. The molecular weight excluding hydrogens is 340 g/mol. The van der Waals surface area contributed by atoms with Crippen molar-refractivity contribution in [3.8, 4) is 0 Å². The summed E-state index contributed by atoms with van der Waals surface area (Å²) in [5.74, 6) is -0.786. The van der Waals surface area contributed by atoms with E-state index >= 15 is 0 Å². The topological polar surface area (TPSA) is 93.8 Å². The summed E-state index contributed by atoms with van der Waals surface area (Å²) in [4.78, 5) is 24.0. The molecule has 9 heteroatoms. The van der Waals surface area contributed by atoms with Gasteiger partial charge in [0.25, 0.3) is 11.8 Å². The maximum Gasteiger partial charge on any atom is 0.277 e. The highest BCUT2D eigenvalue weighted by atomic mass is 79.9. The van der Waals surface area contributed by atoms with Gasteiger partial charge in [0, 0.05) is 27.3 Å². The van der Waals surface area contributed by atoms with Crippen molar-refractivity contribution in [2.75, 3.05) is 12.4 Å². The van der Waals surface area contributed by atoms with E-state index in [0.717, 1.165) is 5.69 Å². The maximum atomic E-state index is 12.3. The average Bonchev–Trinajstić information content (AvgIpc) is 2.93. The Kier molecular flexibility index (Phi) is 4.12. The third-order valence-electron chi connectivity index (χ3n) is 3.00. The summed E-state index contributed by atoms with van der Waals surface area (Å²) in [6.07, 6.45) is 1.56. The molecule has 8 nitrogen and oxygen atoms in total. The Morgan fingerprint density at radius 1 is 1.19 bits per heavy atom. The number of hydrogen-bond acceptors (Lipinski definition) is 4. The molecule has 21 heavy (non-hydrogen) atoms. The zero-order valence-electron chi connectivity index (χ0n) is 12.1. The monoisotopic (exact) mass is 354 g/mol. The van der Waals surface area contributed by atoms with Crippen molar-refractivity contribution in [1.29, 1.82) is 0 Å². The Labute approximate surface area is 129 Å². The van der Waals surface area contributed by atoms with Gasteiger partial charge in [-0.15, -0.1) is 0 Å². The van der Waals surface area contributed by atoms with Gasteiger partial charge in [-0.25, -0.2) is 0 Å². The van der Waals surface area contributed by atoms with Crippen LogP contribution in [0.25, 0.3) is 0 Å². The van der Waals surface area contributed by atoms with Crippen LogP contribution in [0.1, 0.15) is 26.7 Å². The molecule has 0 atom stereocenters. The summed E-state index contributed by atoms with van der Waals surface area (Å²) in [5.41, 5.74) is 1.56. The van der Waals surface area contributed by atoms with Gasteiger partial charge in [-0.2, -0.15) is 10.2 Å². The summed E-state index contributed by atoms with van der Waals surface area (Å²) < 4.78 is 3.67. The van der Waals surface area contributed by atoms with Gasteiger partial charge in [-0.05, 0) is 22.9 Å². The van der Waals surface area contributed by atoms with Crippen LogP contribution in [-0.2, 0) is 14.1 Å². The molecule has 0 saturated carbocycles. The molecule has 2 rings (SSSR count). The molecule has 0 saturated heterocycles. The Bertz CT molecular complexity index is 718. The first kappa shape index (κ1) is 15.2. The summed E-state index contributed by atoms with van der Waals surface area (Å²) >= 11 is 3.34. The number of rotatable bonds is 3. The number of aryl methyl sites for hydroxylation is 2. The molecule has 0 aliphatic rings. The molecule has 2 amide bonds. The standard InChI is InChI=1S/C12H15BrN6O2/c1-6-8(13)10(17-19(6)4)12(21)15-7-5-18(3)16-9(7)11(20)14-2/h5H,1-4H3,(H,14,20)(H,15,21). The Hall–Kier alpha value is -2.16. The minimum atomic E-state index is -0.413. The minimum absolute atomic E-state index is 0.150. The van der Waals surface area contributed by atoms with E-state index in [4.69, 9.17) is 0 Å². The van der Waals surface area contributed by atoms with E-state index < -0.39 is 5.91 Å². The molecule has 112 valence electrons. The highest BCUT2D eigenvalue weighted by molar-refractivity contribution is 9.10. The largest absolute Gasteiger partial charge is 0.354 e. The second-order valence-corrected chi connectivity index (χ2v) is 5.26. The van der Waals surface area contributed by atoms with E-state index in [2.05, 4.69) is 36.8 Å². The van der Waals surface area contributed by atoms with Crippen molar-refractivity contribution in [3.05, 3.63) is 27.8 Å². The molecule has 0 aliphatic carbocycles. The van der Waals surface area contributed by atoms with Crippen molar-refractivity contribution >= 4 is 33.4 Å². The lowest BCUT2D eigenvalue weighted by molar-refractivity contribution is 0.0958. The molecule has 0 fully saturated rings. The van der Waals surface area contributed by atoms with Crippen LogP contribution in [0, 0.1) is 6.92 Å². The lowest BCUT2D eigenvalue weighted by atomic mass is 10.3. The fraction of sp³-hybridized carbons (Fsp3) is 0.333. The van der Waals surface area contributed by atoms with Crippen LogP contribution in [0.2, 0.25) is 0 Å². The van der Waals surface area contributed by atoms with E-state index in [0.29, 0.717) is 10.2 Å². The molecule has 0 aromatic carbocycles. The third kappa shape index (κ3) is 2.82. The van der Waals surface area contributed by atoms with Crippen LogP contribution < -0.4 is 10.6 Å². The van der Waals surface area contributed by atoms with Crippen molar-refractivity contribution in [3.63, 3.8) is 0 Å². The van der Waals surface area contributed by atoms with E-state index in [9.17, 15) is 9.59 Å². The molecular formula is C12H15BrN6O2. The van der Waals surface area contributed by atoms with Crippen LogP contribution in [0.15, 0.2) is 10.7 Å². The smallest absolute Gasteiger partial charge is 0.277 e. The van der Waals surface area contributed by atoms with E-state index in [-0.39, 0.29) is 17.3 Å². The van der Waals surface area contributed by atoms with Gasteiger partial charge in [0.1, 0.15) is 0 Å². The van der Waals surface area contributed by atoms with E-state index in [1.54, 1.807) is 25.0 Å². The number of aromatic nitrogens is 4. The Balaban J connectivity index is 2.32. The zero-order valence-corrected chi connectivity index (χ0v) is 13.6. The lowest BCUT2D eigenvalue weighted by Gasteiger charge is -2.03. The van der Waals surface area contributed by atoms with E-state index in [1.165, 1.54) is 11.7 Å². The van der Waals surface area contributed by atoms with Gasteiger partial charge in [0.15, 0.2) is 11.4 Å². The van der Waals surface area contributed by atoms with Crippen LogP contribution >= 0.6 is 15.9 Å². The fourth-order valence-electron chi connectivity index (χ4n) is 1.77. The van der Waals surface area contributed by atoms with Crippen LogP contribution in [0.5, 0.6) is 0 Å². The van der Waals surface area contributed by atoms with Crippen molar-refractivity contribution in [2.24, 2.45) is 14.1 Å². The number of amides is 2. The number of anilines is 1. The van der Waals surface area contributed by atoms with Gasteiger partial charge in [0.2, 0.25) is 0 Å². The normalized spacial score (nSPS) is 10.5. The summed E-state index contributed by atoms with van der Waals surface area (Å²) in [5, 5.41) is 13.3. The first-order valence-corrected chi connectivity index (χ1v) is 6.90. The van der Waals surface area contributed by atoms with Crippen molar-refractivity contribution < 1.29 is 9.59 Å². The summed E-state index contributed by atoms with van der Waals surface area (Å²) in [6, 6.07) is 0. The average molecular weight is 355 g/mol. The van der Waals surface area contributed by atoms with Crippen LogP contribution in [0.4, 0.5) is 5.69 Å².